The predicted octanol–water partition coefficient (Wildman–Crippen LogP) is 2.79. The molecule has 26 heteroatoms. The summed E-state index contributed by atoms with van der Waals surface area (Å²) in [4.78, 5) is 89.9. The summed E-state index contributed by atoms with van der Waals surface area (Å²) in [7, 11) is 1.52. The van der Waals surface area contributed by atoms with Gasteiger partial charge in [0.15, 0.2) is 17.5 Å². The highest BCUT2D eigenvalue weighted by Crippen LogP contribution is 2.48. The van der Waals surface area contributed by atoms with Gasteiger partial charge in [-0.2, -0.15) is 0 Å². The van der Waals surface area contributed by atoms with Crippen molar-refractivity contribution < 1.29 is 74.0 Å². The molecule has 11 bridgehead atoms. The number of benzene rings is 5. The number of carbonyl (C=O) groups is 6. The van der Waals surface area contributed by atoms with Crippen LogP contribution in [0.2, 0.25) is 10.0 Å². The van der Waals surface area contributed by atoms with E-state index in [1.807, 2.05) is 13.8 Å². The molecule has 0 spiro atoms. The van der Waals surface area contributed by atoms with Gasteiger partial charge in [0.2, 0.25) is 41.2 Å². The van der Waals surface area contributed by atoms with Crippen molar-refractivity contribution in [3.8, 4) is 57.1 Å². The third kappa shape index (κ3) is 12.2. The summed E-state index contributed by atoms with van der Waals surface area (Å²) in [6, 6.07) is 5.89. The average Bonchev–Trinajstić information content (AvgIpc) is 3.54. The third-order valence-electron chi connectivity index (χ3n) is 13.7. The highest BCUT2D eigenvalue weighted by molar-refractivity contribution is 6.32. The Balaban J connectivity index is 1.39. The summed E-state index contributed by atoms with van der Waals surface area (Å²) in [6.07, 6.45) is -4.29. The zero-order valence-electron chi connectivity index (χ0n) is 42.9. The Morgan fingerprint density at radius 2 is 1.35 bits per heavy atom. The van der Waals surface area contributed by atoms with Crippen molar-refractivity contribution in [2.75, 3.05) is 20.2 Å². The Bertz CT molecular complexity index is 3330. The molecule has 6 amide bonds. The number of halogens is 2. The Hall–Kier alpha value is -8.39. The summed E-state index contributed by atoms with van der Waals surface area (Å²) < 4.78 is 12.4. The minimum Gasteiger partial charge on any atom is -0.508 e. The normalized spacial score (nSPS) is 22.6. The SMILES string of the molecule is CN[C@H](CC(C)C)C(=O)N[C@H]1C(=O)N[C@@H](CC(N)=O)C(=O)N[C@H]2C(N)=N[C@H]3C(=O)NC[C@H](C(=O)N[C@H](CO)c4cc(O)cc(O)c4-c4cc3ccc4O)[C@H](O)c3ccc(c(Cl)c3)Oc3cc2cc(c3O)Oc2ccc(cc2Cl)[C@H]1O. The molecule has 422 valence electrons. The molecule has 5 aromatic carbocycles. The van der Waals surface area contributed by atoms with E-state index in [4.69, 9.17) is 44.1 Å². The van der Waals surface area contributed by atoms with Crippen molar-refractivity contribution in [2.24, 2.45) is 28.3 Å². The number of aromatic hydroxyl groups is 4. The number of aliphatic hydroxyl groups is 3. The van der Waals surface area contributed by atoms with E-state index in [0.29, 0.717) is 6.42 Å². The number of hydrogen-bond acceptors (Lipinski definition) is 18. The molecule has 0 radical (unpaired) electrons. The first-order valence-electron chi connectivity index (χ1n) is 24.9. The fraction of sp³-hybridized carbons (Fsp3) is 0.315. The molecule has 9 atom stereocenters. The fourth-order valence-corrected chi connectivity index (χ4v) is 10.0. The van der Waals surface area contributed by atoms with Gasteiger partial charge >= 0.3 is 0 Å². The van der Waals surface area contributed by atoms with Crippen molar-refractivity contribution in [1.82, 2.24) is 31.9 Å². The Morgan fingerprint density at radius 3 is 1.94 bits per heavy atom. The fourth-order valence-electron chi connectivity index (χ4n) is 9.56. The van der Waals surface area contributed by atoms with Crippen LogP contribution in [0.4, 0.5) is 0 Å². The molecule has 0 unspecified atom stereocenters. The van der Waals surface area contributed by atoms with E-state index in [2.05, 4.69) is 36.9 Å². The lowest BCUT2D eigenvalue weighted by Gasteiger charge is -2.29. The number of nitrogens with zero attached hydrogens (tertiary/aromatic N) is 1. The van der Waals surface area contributed by atoms with Crippen molar-refractivity contribution in [3.05, 3.63) is 117 Å². The summed E-state index contributed by atoms with van der Waals surface area (Å²) in [5.41, 5.74) is 11.8. The highest BCUT2D eigenvalue weighted by Gasteiger charge is 2.39. The second-order valence-corrected chi connectivity index (χ2v) is 20.5. The number of aliphatic imine (C=N–C) groups is 1. The number of carbonyl (C=O) groups excluding carboxylic acids is 6. The molecule has 5 aliphatic rings. The molecule has 5 aromatic rings. The number of phenols is 4. The first-order valence-corrected chi connectivity index (χ1v) is 25.7. The molecule has 0 aromatic heterocycles. The van der Waals surface area contributed by atoms with Crippen LogP contribution in [0.5, 0.6) is 46.0 Å². The van der Waals surface area contributed by atoms with E-state index in [-0.39, 0.29) is 66.4 Å². The van der Waals surface area contributed by atoms with Crippen LogP contribution >= 0.6 is 23.2 Å². The van der Waals surface area contributed by atoms with E-state index in [0.717, 1.165) is 18.2 Å². The number of amides is 6. The van der Waals surface area contributed by atoms with Gasteiger partial charge in [0, 0.05) is 23.7 Å². The van der Waals surface area contributed by atoms with Crippen molar-refractivity contribution in [3.63, 3.8) is 0 Å². The molecule has 0 aliphatic carbocycles. The zero-order chi connectivity index (χ0) is 58.0. The number of amidine groups is 1. The number of nitrogens with one attached hydrogen (secondary N) is 6. The minimum atomic E-state index is -1.92. The van der Waals surface area contributed by atoms with Crippen LogP contribution in [-0.4, -0.2) is 115 Å². The average molecular weight is 1140 g/mol. The third-order valence-corrected chi connectivity index (χ3v) is 14.3. The number of phenolic OH excluding ortho intramolecular Hbond substituents is 4. The van der Waals surface area contributed by atoms with Crippen LogP contribution in [0.3, 0.4) is 0 Å². The monoisotopic (exact) mass is 1140 g/mol. The molecular weight excluding hydrogens is 1090 g/mol. The Kier molecular flexibility index (Phi) is 17.3. The smallest absolute Gasteiger partial charge is 0.249 e. The van der Waals surface area contributed by atoms with Gasteiger partial charge in [0.1, 0.15) is 58.8 Å². The van der Waals surface area contributed by atoms with Crippen LogP contribution in [0, 0.1) is 11.8 Å². The Labute approximate surface area is 466 Å². The zero-order valence-corrected chi connectivity index (χ0v) is 44.4. The van der Waals surface area contributed by atoms with Crippen molar-refractivity contribution in [1.29, 1.82) is 0 Å². The summed E-state index contributed by atoms with van der Waals surface area (Å²) >= 11 is 13.6. The maximum absolute atomic E-state index is 14.9. The standard InChI is InChI=1S/C54H57Cl2N9O15/c1-21(2)10-32(59-3)51(75)65-45-47(72)24-6-9-38(31(56)13-24)80-40-15-25-14-39(48(40)73)79-37-8-5-23(12-30(37)55)46(71)29-19-60-53(77)44(63-49(58)43(25)64-52(76)33(18-41(57)70)61-54(45)78)22-4-7-35(68)28(11-22)42-27(16-26(67)17-36(42)69)34(20-66)62-50(29)74/h4-9,11-17,21,29,32-34,43-47,59,66-69,71-73H,10,18-20H2,1-3H3,(H2,57,70)(H2,58,63)(H,60,77)(H,61,78)(H,62,74)(H,64,76)(H,65,75)/t29-,32+,33-,34+,43+,44+,45+,46+,47+/m0/s1. The second-order valence-electron chi connectivity index (χ2n) is 19.7. The molecule has 10 rings (SSSR count). The lowest BCUT2D eigenvalue weighted by molar-refractivity contribution is -0.136. The maximum atomic E-state index is 14.9. The highest BCUT2D eigenvalue weighted by atomic mass is 35.5. The van der Waals surface area contributed by atoms with E-state index >= 15 is 0 Å². The lowest BCUT2D eigenvalue weighted by atomic mass is 9.90. The van der Waals surface area contributed by atoms with Gasteiger partial charge in [-0.1, -0.05) is 55.2 Å². The first-order chi connectivity index (χ1) is 38.0. The number of nitrogens with two attached hydrogens (primary N) is 2. The van der Waals surface area contributed by atoms with Gasteiger partial charge in [-0.15, -0.1) is 0 Å². The first kappa shape index (κ1) is 57.8. The molecule has 0 saturated carbocycles. The van der Waals surface area contributed by atoms with Gasteiger partial charge < -0.3 is 88.6 Å². The quantitative estimate of drug-likeness (QED) is 0.106. The largest absolute Gasteiger partial charge is 0.508 e. The van der Waals surface area contributed by atoms with Crippen LogP contribution in [-0.2, 0) is 28.8 Å². The predicted molar refractivity (Wildman–Crippen MR) is 288 cm³/mol. The van der Waals surface area contributed by atoms with Gasteiger partial charge in [0.25, 0.3) is 0 Å². The van der Waals surface area contributed by atoms with Gasteiger partial charge in [-0.3, -0.25) is 33.8 Å². The van der Waals surface area contributed by atoms with E-state index in [1.165, 1.54) is 67.7 Å². The molecule has 0 fully saturated rings. The van der Waals surface area contributed by atoms with Crippen molar-refractivity contribution in [2.45, 2.75) is 75.1 Å². The number of likely N-dealkylation sites (N-methyl/N-ethyl adjacent to an activating group) is 1. The maximum Gasteiger partial charge on any atom is 0.249 e. The molecular formula is C54H57Cl2N9O15. The molecule has 80 heavy (non-hydrogen) atoms. The number of hydrogen-bond donors (Lipinski definition) is 15. The van der Waals surface area contributed by atoms with E-state index in [9.17, 15) is 64.5 Å². The van der Waals surface area contributed by atoms with E-state index < -0.39 is 150 Å². The molecule has 17 N–H and O–H groups in total. The second kappa shape index (κ2) is 23.9. The van der Waals surface area contributed by atoms with Gasteiger partial charge in [0.05, 0.1) is 47.2 Å². The molecule has 0 saturated heterocycles. The van der Waals surface area contributed by atoms with E-state index in [1.54, 1.807) is 0 Å². The Morgan fingerprint density at radius 1 is 0.738 bits per heavy atom. The van der Waals surface area contributed by atoms with Crippen molar-refractivity contribution >= 4 is 64.5 Å². The number of aliphatic hydroxyl groups excluding tert-OH is 3. The topological polar surface area (TPSA) is 399 Å². The summed E-state index contributed by atoms with van der Waals surface area (Å²) in [6.45, 7) is 2.21. The summed E-state index contributed by atoms with van der Waals surface area (Å²) in [5.74, 6) is -12.1. The van der Waals surface area contributed by atoms with Crippen LogP contribution < -0.4 is 52.8 Å². The molecule has 5 heterocycles. The number of ether oxygens (including phenoxy) is 2. The minimum absolute atomic E-state index is 0.00209. The van der Waals surface area contributed by atoms with Crippen LogP contribution in [0.1, 0.15) is 84.8 Å². The van der Waals surface area contributed by atoms with Crippen LogP contribution in [0.15, 0.2) is 83.9 Å². The molecule has 24 nitrogen and oxygen atoms in total. The number of primary amides is 1. The van der Waals surface area contributed by atoms with Gasteiger partial charge in [-0.05, 0) is 102 Å². The summed E-state index contributed by atoms with van der Waals surface area (Å²) in [5, 5.41) is 95.5. The number of fused-ring (bicyclic) bond motifs is 14. The lowest BCUT2D eigenvalue weighted by Crippen LogP contribution is -2.58. The number of rotatable bonds is 8. The van der Waals surface area contributed by atoms with Crippen LogP contribution in [0.25, 0.3) is 11.1 Å². The molecule has 5 aliphatic heterocycles. The van der Waals surface area contributed by atoms with Gasteiger partial charge in [-0.25, -0.2) is 0 Å².